The highest BCUT2D eigenvalue weighted by atomic mass is 32.1. The van der Waals surface area contributed by atoms with E-state index < -0.39 is 5.63 Å². The van der Waals surface area contributed by atoms with Gasteiger partial charge in [0.15, 0.2) is 0 Å². The molecule has 7 nitrogen and oxygen atoms in total. The average molecular weight is 367 g/mol. The summed E-state index contributed by atoms with van der Waals surface area (Å²) in [5.74, 6) is 1.31. The molecular formula is C18H13N3O4S. The zero-order chi connectivity index (χ0) is 17.9. The molecule has 0 atom stereocenters. The molecular weight excluding hydrogens is 354 g/mol. The van der Waals surface area contributed by atoms with E-state index in [1.807, 2.05) is 0 Å². The maximum absolute atomic E-state index is 12.3. The van der Waals surface area contributed by atoms with Gasteiger partial charge in [-0.2, -0.15) is 5.10 Å². The Bertz CT molecular complexity index is 1130. The first-order valence-electron chi connectivity index (χ1n) is 7.63. The summed E-state index contributed by atoms with van der Waals surface area (Å²) in [5.41, 5.74) is 3.76. The molecule has 0 aliphatic heterocycles. The van der Waals surface area contributed by atoms with Crippen molar-refractivity contribution in [1.82, 2.24) is 4.98 Å². The number of aromatic nitrogens is 1. The second-order valence-electron chi connectivity index (χ2n) is 5.27. The van der Waals surface area contributed by atoms with Gasteiger partial charge in [-0.15, -0.1) is 11.3 Å². The third-order valence-corrected chi connectivity index (χ3v) is 4.36. The Labute approximate surface area is 151 Å². The first kappa shape index (κ1) is 16.1. The van der Waals surface area contributed by atoms with Crippen molar-refractivity contribution in [2.24, 2.45) is 5.10 Å². The predicted molar refractivity (Wildman–Crippen MR) is 100 cm³/mol. The Morgan fingerprint density at radius 2 is 2.23 bits per heavy atom. The fourth-order valence-electron chi connectivity index (χ4n) is 2.37. The number of rotatable bonds is 5. The van der Waals surface area contributed by atoms with E-state index in [9.17, 15) is 4.79 Å². The fourth-order valence-corrected chi connectivity index (χ4v) is 3.03. The van der Waals surface area contributed by atoms with E-state index in [0.717, 1.165) is 5.39 Å². The number of hydrogen-bond acceptors (Lipinski definition) is 8. The lowest BCUT2D eigenvalue weighted by molar-refractivity contribution is 0.415. The van der Waals surface area contributed by atoms with Gasteiger partial charge in [0.2, 0.25) is 5.13 Å². The van der Waals surface area contributed by atoms with Crippen LogP contribution in [-0.4, -0.2) is 18.3 Å². The van der Waals surface area contributed by atoms with E-state index in [2.05, 4.69) is 15.5 Å². The maximum atomic E-state index is 12.3. The smallest absolute Gasteiger partial charge is 0.345 e. The number of furan rings is 1. The van der Waals surface area contributed by atoms with Crippen LogP contribution in [0.5, 0.6) is 5.75 Å². The number of methoxy groups -OCH3 is 1. The Kier molecular flexibility index (Phi) is 4.24. The predicted octanol–water partition coefficient (Wildman–Crippen LogP) is 3.96. The summed E-state index contributed by atoms with van der Waals surface area (Å²) < 4.78 is 15.7. The first-order chi connectivity index (χ1) is 12.7. The molecule has 0 saturated carbocycles. The maximum Gasteiger partial charge on any atom is 0.345 e. The van der Waals surface area contributed by atoms with Crippen LogP contribution < -0.4 is 15.8 Å². The molecule has 3 heterocycles. The highest BCUT2D eigenvalue weighted by molar-refractivity contribution is 7.14. The van der Waals surface area contributed by atoms with Crippen molar-refractivity contribution in [3.05, 3.63) is 64.2 Å². The quantitative estimate of drug-likeness (QED) is 0.326. The lowest BCUT2D eigenvalue weighted by Crippen LogP contribution is -2.03. The number of hydrazone groups is 1. The minimum Gasteiger partial charge on any atom is -0.497 e. The fraction of sp³-hybridized carbons (Fsp3) is 0.0556. The van der Waals surface area contributed by atoms with Gasteiger partial charge in [-0.25, -0.2) is 9.78 Å². The largest absolute Gasteiger partial charge is 0.497 e. The standard InChI is InChI=1S/C18H13N3O4S/c1-23-12-4-5-16-11(7-12)8-14(17(22)25-16)15-10-26-18(20-15)21-19-9-13-3-2-6-24-13/h2-10H,1H3,(H,20,21)/b19-9-. The second-order valence-corrected chi connectivity index (χ2v) is 6.13. The van der Waals surface area contributed by atoms with Crippen LogP contribution in [0.4, 0.5) is 5.13 Å². The third-order valence-electron chi connectivity index (χ3n) is 3.61. The summed E-state index contributed by atoms with van der Waals surface area (Å²) in [4.78, 5) is 16.7. The summed E-state index contributed by atoms with van der Waals surface area (Å²) >= 11 is 1.33. The van der Waals surface area contributed by atoms with Gasteiger partial charge in [0, 0.05) is 10.8 Å². The van der Waals surface area contributed by atoms with Gasteiger partial charge in [0.1, 0.15) is 17.1 Å². The van der Waals surface area contributed by atoms with E-state index in [-0.39, 0.29) is 0 Å². The molecule has 0 spiro atoms. The number of hydrogen-bond donors (Lipinski definition) is 1. The van der Waals surface area contributed by atoms with E-state index in [4.69, 9.17) is 13.6 Å². The molecule has 0 saturated heterocycles. The number of ether oxygens (including phenoxy) is 1. The lowest BCUT2D eigenvalue weighted by atomic mass is 10.1. The van der Waals surface area contributed by atoms with Crippen molar-refractivity contribution < 1.29 is 13.6 Å². The van der Waals surface area contributed by atoms with Gasteiger partial charge in [-0.3, -0.25) is 5.43 Å². The summed E-state index contributed by atoms with van der Waals surface area (Å²) in [6, 6.07) is 10.6. The minimum atomic E-state index is -0.446. The minimum absolute atomic E-state index is 0.380. The van der Waals surface area contributed by atoms with Gasteiger partial charge in [0.05, 0.1) is 30.8 Å². The van der Waals surface area contributed by atoms with Crippen LogP contribution in [0.15, 0.2) is 66.8 Å². The van der Waals surface area contributed by atoms with Crippen LogP contribution in [0.1, 0.15) is 5.76 Å². The highest BCUT2D eigenvalue weighted by Gasteiger charge is 2.12. The molecule has 130 valence electrons. The molecule has 0 fully saturated rings. The SMILES string of the molecule is COc1ccc2oc(=O)c(-c3csc(N/N=C\c4ccco4)n3)cc2c1. The molecule has 1 N–H and O–H groups in total. The Morgan fingerprint density at radius 1 is 1.31 bits per heavy atom. The van der Waals surface area contributed by atoms with Crippen LogP contribution in [-0.2, 0) is 0 Å². The molecule has 0 aliphatic rings. The Hall–Kier alpha value is -3.39. The zero-order valence-electron chi connectivity index (χ0n) is 13.6. The molecule has 8 heteroatoms. The number of anilines is 1. The number of nitrogens with one attached hydrogen (secondary N) is 1. The summed E-state index contributed by atoms with van der Waals surface area (Å²) in [6.07, 6.45) is 3.11. The van der Waals surface area contributed by atoms with Crippen LogP contribution in [0, 0.1) is 0 Å². The summed E-state index contributed by atoms with van der Waals surface area (Å²) in [7, 11) is 1.59. The molecule has 0 aliphatic carbocycles. The molecule has 0 bridgehead atoms. The topological polar surface area (TPSA) is 89.9 Å². The monoisotopic (exact) mass is 367 g/mol. The number of thiazole rings is 1. The summed E-state index contributed by atoms with van der Waals surface area (Å²) in [6.45, 7) is 0. The van der Waals surface area contributed by atoms with E-state index in [0.29, 0.717) is 33.5 Å². The highest BCUT2D eigenvalue weighted by Crippen LogP contribution is 2.27. The van der Waals surface area contributed by atoms with E-state index >= 15 is 0 Å². The molecule has 4 aromatic rings. The normalized spacial score (nSPS) is 11.3. The Morgan fingerprint density at radius 3 is 3.04 bits per heavy atom. The van der Waals surface area contributed by atoms with Gasteiger partial charge < -0.3 is 13.6 Å². The van der Waals surface area contributed by atoms with Crippen molar-refractivity contribution in [3.63, 3.8) is 0 Å². The second kappa shape index (κ2) is 6.85. The van der Waals surface area contributed by atoms with Crippen molar-refractivity contribution in [2.45, 2.75) is 0 Å². The van der Waals surface area contributed by atoms with Crippen LogP contribution in [0.2, 0.25) is 0 Å². The number of benzene rings is 1. The van der Waals surface area contributed by atoms with Gasteiger partial charge >= 0.3 is 5.63 Å². The van der Waals surface area contributed by atoms with Crippen LogP contribution in [0.3, 0.4) is 0 Å². The average Bonchev–Trinajstić information content (AvgIpc) is 3.33. The molecule has 3 aromatic heterocycles. The van der Waals surface area contributed by atoms with Crippen molar-refractivity contribution >= 4 is 33.7 Å². The number of nitrogens with zero attached hydrogens (tertiary/aromatic N) is 2. The Balaban J connectivity index is 1.62. The van der Waals surface area contributed by atoms with Crippen LogP contribution in [0.25, 0.3) is 22.2 Å². The third kappa shape index (κ3) is 3.22. The van der Waals surface area contributed by atoms with E-state index in [1.165, 1.54) is 17.6 Å². The first-order valence-corrected chi connectivity index (χ1v) is 8.51. The van der Waals surface area contributed by atoms with Gasteiger partial charge in [0.25, 0.3) is 0 Å². The molecule has 0 radical (unpaired) electrons. The lowest BCUT2D eigenvalue weighted by Gasteiger charge is -2.03. The van der Waals surface area contributed by atoms with E-state index in [1.54, 1.807) is 55.2 Å². The van der Waals surface area contributed by atoms with Gasteiger partial charge in [-0.1, -0.05) is 0 Å². The summed E-state index contributed by atoms with van der Waals surface area (Å²) in [5, 5.41) is 7.12. The van der Waals surface area contributed by atoms with Crippen LogP contribution >= 0.6 is 11.3 Å². The van der Waals surface area contributed by atoms with Crippen molar-refractivity contribution in [3.8, 4) is 17.0 Å². The molecule has 1 aromatic carbocycles. The van der Waals surface area contributed by atoms with Gasteiger partial charge in [-0.05, 0) is 36.4 Å². The molecule has 4 rings (SSSR count). The molecule has 26 heavy (non-hydrogen) atoms. The van der Waals surface area contributed by atoms with Crippen molar-refractivity contribution in [2.75, 3.05) is 12.5 Å². The molecule has 0 amide bonds. The van der Waals surface area contributed by atoms with Crippen molar-refractivity contribution in [1.29, 1.82) is 0 Å². The molecule has 0 unspecified atom stereocenters. The number of fused-ring (bicyclic) bond motifs is 1. The zero-order valence-corrected chi connectivity index (χ0v) is 14.4.